The molecule has 0 aliphatic heterocycles. The van der Waals surface area contributed by atoms with Crippen LogP contribution in [0.3, 0.4) is 0 Å². The molecule has 0 heterocycles. The molecule has 144 valence electrons. The zero-order valence-electron chi connectivity index (χ0n) is 16.9. The molecular weight excluding hydrogens is 340 g/mol. The number of carbonyl (C=O) groups is 2. The molecule has 0 saturated heterocycles. The smallest absolute Gasteiger partial charge is 0.335 e. The summed E-state index contributed by atoms with van der Waals surface area (Å²) < 4.78 is 0. The van der Waals surface area contributed by atoms with Gasteiger partial charge in [0.1, 0.15) is 5.75 Å². The summed E-state index contributed by atoms with van der Waals surface area (Å²) in [4.78, 5) is 23.9. The first-order chi connectivity index (χ1) is 12.3. The minimum absolute atomic E-state index is 0.0610. The first-order valence-electron chi connectivity index (χ1n) is 9.04. The molecule has 0 radical (unpaired) electrons. The number of Topliss-reactive ketones (excluding diaryl/α,β-unsaturated/α-hetero) is 1. The molecule has 27 heavy (non-hydrogen) atoms. The molecule has 4 nitrogen and oxygen atoms in total. The number of hydrogen-bond donors (Lipinski definition) is 2. The van der Waals surface area contributed by atoms with E-state index in [1.54, 1.807) is 24.3 Å². The molecule has 0 aliphatic rings. The van der Waals surface area contributed by atoms with Crippen molar-refractivity contribution in [2.45, 2.75) is 58.8 Å². The van der Waals surface area contributed by atoms with Crippen LogP contribution in [0.15, 0.2) is 36.4 Å². The Balaban J connectivity index is 2.44. The first-order valence-corrected chi connectivity index (χ1v) is 9.04. The minimum Gasteiger partial charge on any atom is -0.507 e. The normalized spacial score (nSPS) is 12.1. The van der Waals surface area contributed by atoms with Crippen LogP contribution in [0.4, 0.5) is 0 Å². The monoisotopic (exact) mass is 368 g/mol. The SMILES string of the molecule is CC(C)(C)c1cc(C(=O)Cc2ccc(C(=O)O)cc2)cc(C(C)(C)C)c1O. The number of rotatable bonds is 4. The quantitative estimate of drug-likeness (QED) is 0.735. The van der Waals surface area contributed by atoms with Crippen molar-refractivity contribution in [2.75, 3.05) is 0 Å². The van der Waals surface area contributed by atoms with E-state index in [1.807, 2.05) is 41.5 Å². The number of carbonyl (C=O) groups excluding carboxylic acids is 1. The number of aromatic hydroxyl groups is 1. The van der Waals surface area contributed by atoms with E-state index in [1.165, 1.54) is 12.1 Å². The average Bonchev–Trinajstić information content (AvgIpc) is 2.53. The fraction of sp³-hybridized carbons (Fsp3) is 0.391. The van der Waals surface area contributed by atoms with Gasteiger partial charge in [-0.1, -0.05) is 53.7 Å². The fourth-order valence-corrected chi connectivity index (χ4v) is 2.99. The number of aromatic carboxylic acids is 1. The van der Waals surface area contributed by atoms with Crippen LogP contribution in [-0.4, -0.2) is 22.0 Å². The summed E-state index contributed by atoms with van der Waals surface area (Å²) in [5.41, 5.74) is 2.41. The molecule has 2 rings (SSSR count). The summed E-state index contributed by atoms with van der Waals surface area (Å²) in [7, 11) is 0. The Morgan fingerprint density at radius 3 is 1.63 bits per heavy atom. The molecule has 0 amide bonds. The molecule has 0 unspecified atom stereocenters. The third-order valence-electron chi connectivity index (χ3n) is 4.61. The van der Waals surface area contributed by atoms with Crippen LogP contribution in [0.1, 0.15) is 78.9 Å². The van der Waals surface area contributed by atoms with Crippen LogP contribution in [0.2, 0.25) is 0 Å². The lowest BCUT2D eigenvalue weighted by molar-refractivity contribution is 0.0696. The van der Waals surface area contributed by atoms with E-state index < -0.39 is 5.97 Å². The van der Waals surface area contributed by atoms with Gasteiger partial charge in [-0.3, -0.25) is 4.79 Å². The van der Waals surface area contributed by atoms with Gasteiger partial charge < -0.3 is 10.2 Å². The van der Waals surface area contributed by atoms with Gasteiger partial charge >= 0.3 is 5.97 Å². The lowest BCUT2D eigenvalue weighted by Crippen LogP contribution is -2.19. The number of benzene rings is 2. The van der Waals surface area contributed by atoms with Gasteiger partial charge in [-0.2, -0.15) is 0 Å². The standard InChI is InChI=1S/C23H28O4/c1-22(2,3)17-12-16(13-18(20(17)25)23(4,5)6)19(24)11-14-7-9-15(10-8-14)21(26)27/h7-10,12-13,25H,11H2,1-6H3,(H,26,27). The van der Waals surface area contributed by atoms with Crippen molar-refractivity contribution in [3.8, 4) is 5.75 Å². The summed E-state index contributed by atoms with van der Waals surface area (Å²) in [6, 6.07) is 9.89. The van der Waals surface area contributed by atoms with Crippen molar-refractivity contribution in [2.24, 2.45) is 0 Å². The van der Waals surface area contributed by atoms with E-state index >= 15 is 0 Å². The van der Waals surface area contributed by atoms with Gasteiger partial charge in [0.2, 0.25) is 0 Å². The average molecular weight is 368 g/mol. The van der Waals surface area contributed by atoms with Crippen LogP contribution >= 0.6 is 0 Å². The molecule has 0 spiro atoms. The van der Waals surface area contributed by atoms with Crippen molar-refractivity contribution in [3.63, 3.8) is 0 Å². The summed E-state index contributed by atoms with van der Waals surface area (Å²) in [5, 5.41) is 19.8. The predicted octanol–water partition coefficient (Wildman–Crippen LogP) is 5.11. The van der Waals surface area contributed by atoms with E-state index in [0.29, 0.717) is 5.56 Å². The van der Waals surface area contributed by atoms with Crippen molar-refractivity contribution in [1.82, 2.24) is 0 Å². The first kappa shape index (κ1) is 20.7. The fourth-order valence-electron chi connectivity index (χ4n) is 2.99. The lowest BCUT2D eigenvalue weighted by Gasteiger charge is -2.28. The van der Waals surface area contributed by atoms with E-state index in [9.17, 15) is 14.7 Å². The topological polar surface area (TPSA) is 74.6 Å². The molecule has 2 N–H and O–H groups in total. The predicted molar refractivity (Wildman–Crippen MR) is 107 cm³/mol. The van der Waals surface area contributed by atoms with Crippen molar-refractivity contribution < 1.29 is 19.8 Å². The highest BCUT2D eigenvalue weighted by atomic mass is 16.4. The maximum atomic E-state index is 12.9. The van der Waals surface area contributed by atoms with Crippen molar-refractivity contribution in [3.05, 3.63) is 64.2 Å². The van der Waals surface area contributed by atoms with Gasteiger partial charge in [0.05, 0.1) is 5.56 Å². The van der Waals surface area contributed by atoms with E-state index in [0.717, 1.165) is 16.7 Å². The molecule has 0 fully saturated rings. The number of carboxylic acid groups (broad SMARTS) is 1. The van der Waals surface area contributed by atoms with E-state index in [-0.39, 0.29) is 34.3 Å². The molecular formula is C23H28O4. The second kappa shape index (κ2) is 7.18. The van der Waals surface area contributed by atoms with Crippen LogP contribution in [0.25, 0.3) is 0 Å². The Labute approximate surface area is 160 Å². The molecule has 0 atom stereocenters. The molecule has 0 saturated carbocycles. The van der Waals surface area contributed by atoms with Gasteiger partial charge in [-0.25, -0.2) is 4.79 Å². The molecule has 2 aromatic carbocycles. The molecule has 0 aliphatic carbocycles. The van der Waals surface area contributed by atoms with Gasteiger partial charge in [0.15, 0.2) is 5.78 Å². The Morgan fingerprint density at radius 2 is 1.26 bits per heavy atom. The second-order valence-corrected chi connectivity index (χ2v) is 9.02. The number of phenols is 1. The maximum absolute atomic E-state index is 12.9. The van der Waals surface area contributed by atoms with Crippen molar-refractivity contribution in [1.29, 1.82) is 0 Å². The summed E-state index contributed by atoms with van der Waals surface area (Å²) >= 11 is 0. The Morgan fingerprint density at radius 1 is 0.815 bits per heavy atom. The Hall–Kier alpha value is -2.62. The Bertz CT molecular complexity index is 828. The zero-order valence-corrected chi connectivity index (χ0v) is 16.9. The van der Waals surface area contributed by atoms with Crippen LogP contribution in [0, 0.1) is 0 Å². The van der Waals surface area contributed by atoms with Crippen LogP contribution < -0.4 is 0 Å². The number of hydrogen-bond acceptors (Lipinski definition) is 3. The van der Waals surface area contributed by atoms with Crippen molar-refractivity contribution >= 4 is 11.8 Å². The zero-order chi connectivity index (χ0) is 20.6. The molecule has 0 bridgehead atoms. The third-order valence-corrected chi connectivity index (χ3v) is 4.61. The molecule has 4 heteroatoms. The highest BCUT2D eigenvalue weighted by Crippen LogP contribution is 2.40. The van der Waals surface area contributed by atoms with Gasteiger partial charge in [0, 0.05) is 23.1 Å². The number of phenolic OH excluding ortho intramolecular Hbond substituents is 1. The van der Waals surface area contributed by atoms with Crippen LogP contribution in [-0.2, 0) is 17.3 Å². The summed E-state index contributed by atoms with van der Waals surface area (Å²) in [5.74, 6) is -0.803. The minimum atomic E-state index is -0.990. The summed E-state index contributed by atoms with van der Waals surface area (Å²) in [6.45, 7) is 12.0. The molecule has 2 aromatic rings. The largest absolute Gasteiger partial charge is 0.507 e. The maximum Gasteiger partial charge on any atom is 0.335 e. The highest BCUT2D eigenvalue weighted by Gasteiger charge is 2.27. The lowest BCUT2D eigenvalue weighted by atomic mass is 9.78. The number of carboxylic acids is 1. The van der Waals surface area contributed by atoms with Crippen LogP contribution in [0.5, 0.6) is 5.75 Å². The number of ketones is 1. The Kier molecular flexibility index (Phi) is 5.50. The third kappa shape index (κ3) is 4.76. The summed E-state index contributed by atoms with van der Waals surface area (Å²) in [6.07, 6.45) is 0.178. The van der Waals surface area contributed by atoms with E-state index in [2.05, 4.69) is 0 Å². The van der Waals surface area contributed by atoms with Gasteiger partial charge in [-0.15, -0.1) is 0 Å². The molecule has 0 aromatic heterocycles. The second-order valence-electron chi connectivity index (χ2n) is 9.02. The van der Waals surface area contributed by atoms with Gasteiger partial charge in [-0.05, 0) is 40.7 Å². The van der Waals surface area contributed by atoms with E-state index in [4.69, 9.17) is 5.11 Å². The highest BCUT2D eigenvalue weighted by molar-refractivity contribution is 5.98. The van der Waals surface area contributed by atoms with Gasteiger partial charge in [0.25, 0.3) is 0 Å².